The Morgan fingerprint density at radius 1 is 1.56 bits per heavy atom. The number of amides is 1. The van der Waals surface area contributed by atoms with Crippen LogP contribution < -0.4 is 10.5 Å². The molecule has 0 radical (unpaired) electrons. The Bertz CT molecular complexity index is 471. The maximum atomic E-state index is 12.3. The molecular formula is C13H18N2O3. The first-order chi connectivity index (χ1) is 8.43. The van der Waals surface area contributed by atoms with E-state index in [0.29, 0.717) is 36.5 Å². The van der Waals surface area contributed by atoms with E-state index in [1.54, 1.807) is 30.0 Å². The Balaban J connectivity index is 2.26. The van der Waals surface area contributed by atoms with Gasteiger partial charge in [0.25, 0.3) is 5.91 Å². The topological polar surface area (TPSA) is 75.8 Å². The quantitative estimate of drug-likeness (QED) is 0.764. The van der Waals surface area contributed by atoms with Crippen molar-refractivity contribution in [3.8, 4) is 5.75 Å². The lowest BCUT2D eigenvalue weighted by Crippen LogP contribution is -2.34. The lowest BCUT2D eigenvalue weighted by molar-refractivity contribution is 0.0570. The van der Waals surface area contributed by atoms with Crippen LogP contribution >= 0.6 is 0 Å². The molecule has 3 N–H and O–H groups in total. The zero-order valence-corrected chi connectivity index (χ0v) is 10.6. The second-order valence-electron chi connectivity index (χ2n) is 4.93. The summed E-state index contributed by atoms with van der Waals surface area (Å²) in [6, 6.07) is 4.97. The van der Waals surface area contributed by atoms with Crippen molar-refractivity contribution in [2.75, 3.05) is 25.9 Å². The largest absolute Gasteiger partial charge is 0.496 e. The van der Waals surface area contributed by atoms with Gasteiger partial charge in [0.1, 0.15) is 5.75 Å². The highest BCUT2D eigenvalue weighted by molar-refractivity contribution is 5.98. The van der Waals surface area contributed by atoms with Gasteiger partial charge < -0.3 is 20.5 Å². The van der Waals surface area contributed by atoms with Crippen LogP contribution in [0, 0.1) is 0 Å². The molecule has 1 saturated heterocycles. The monoisotopic (exact) mass is 250 g/mol. The second-order valence-corrected chi connectivity index (χ2v) is 4.93. The summed E-state index contributed by atoms with van der Waals surface area (Å²) < 4.78 is 5.17. The van der Waals surface area contributed by atoms with Crippen molar-refractivity contribution in [1.82, 2.24) is 4.90 Å². The summed E-state index contributed by atoms with van der Waals surface area (Å²) in [5.41, 5.74) is 5.85. The van der Waals surface area contributed by atoms with Gasteiger partial charge in [0.2, 0.25) is 0 Å². The van der Waals surface area contributed by atoms with Gasteiger partial charge in [0, 0.05) is 18.8 Å². The van der Waals surface area contributed by atoms with Crippen LogP contribution in [0.25, 0.3) is 0 Å². The number of ether oxygens (including phenoxy) is 1. The van der Waals surface area contributed by atoms with Crippen LogP contribution in [0.3, 0.4) is 0 Å². The second kappa shape index (κ2) is 4.49. The Morgan fingerprint density at radius 2 is 2.28 bits per heavy atom. The first kappa shape index (κ1) is 12.7. The summed E-state index contributed by atoms with van der Waals surface area (Å²) in [6.07, 6.45) is 0.587. The van der Waals surface area contributed by atoms with Crippen LogP contribution in [-0.2, 0) is 0 Å². The van der Waals surface area contributed by atoms with E-state index in [4.69, 9.17) is 10.5 Å². The first-order valence-electron chi connectivity index (χ1n) is 5.88. The number of rotatable bonds is 2. The number of β-amino-alcohol motifs (C(OH)–C–C–N with tert-alkyl or cyclic N) is 1. The van der Waals surface area contributed by atoms with Gasteiger partial charge in [-0.05, 0) is 31.5 Å². The first-order valence-corrected chi connectivity index (χ1v) is 5.88. The van der Waals surface area contributed by atoms with Crippen molar-refractivity contribution < 1.29 is 14.6 Å². The number of nitrogen functional groups attached to an aromatic ring is 1. The third kappa shape index (κ3) is 2.41. The smallest absolute Gasteiger partial charge is 0.257 e. The van der Waals surface area contributed by atoms with Crippen molar-refractivity contribution in [1.29, 1.82) is 0 Å². The van der Waals surface area contributed by atoms with Gasteiger partial charge in [0.15, 0.2) is 0 Å². The number of hydrogen-bond acceptors (Lipinski definition) is 4. The molecule has 5 heteroatoms. The SMILES string of the molecule is COc1ccc(N)cc1C(=O)N1CCC(C)(O)C1. The van der Waals surface area contributed by atoms with Gasteiger partial charge >= 0.3 is 0 Å². The van der Waals surface area contributed by atoms with Crippen LogP contribution in [-0.4, -0.2) is 41.7 Å². The Morgan fingerprint density at radius 3 is 2.83 bits per heavy atom. The standard InChI is InChI=1S/C13H18N2O3/c1-13(17)5-6-15(8-13)12(16)10-7-9(14)3-4-11(10)18-2/h3-4,7,17H,5-6,8,14H2,1-2H3. The van der Waals surface area contributed by atoms with Gasteiger partial charge in [-0.25, -0.2) is 0 Å². The Labute approximate surface area is 106 Å². The van der Waals surface area contributed by atoms with E-state index >= 15 is 0 Å². The number of aliphatic hydroxyl groups is 1. The summed E-state index contributed by atoms with van der Waals surface area (Å²) in [5, 5.41) is 9.89. The normalized spacial score (nSPS) is 23.2. The predicted octanol–water partition coefficient (Wildman–Crippen LogP) is 0.874. The summed E-state index contributed by atoms with van der Waals surface area (Å²) in [6.45, 7) is 2.62. The lowest BCUT2D eigenvalue weighted by atomic mass is 10.1. The molecule has 0 aromatic heterocycles. The van der Waals surface area contributed by atoms with Gasteiger partial charge in [-0.3, -0.25) is 4.79 Å². The molecule has 0 bridgehead atoms. The fourth-order valence-electron chi connectivity index (χ4n) is 2.18. The maximum absolute atomic E-state index is 12.3. The molecule has 1 unspecified atom stereocenters. The average Bonchev–Trinajstić information content (AvgIpc) is 2.68. The molecular weight excluding hydrogens is 232 g/mol. The molecule has 0 spiro atoms. The lowest BCUT2D eigenvalue weighted by Gasteiger charge is -2.20. The van der Waals surface area contributed by atoms with Crippen molar-refractivity contribution >= 4 is 11.6 Å². The van der Waals surface area contributed by atoms with Crippen molar-refractivity contribution in [3.63, 3.8) is 0 Å². The molecule has 1 aliphatic rings. The van der Waals surface area contributed by atoms with E-state index < -0.39 is 5.60 Å². The predicted molar refractivity (Wildman–Crippen MR) is 68.6 cm³/mol. The number of likely N-dealkylation sites (tertiary alicyclic amines) is 1. The Kier molecular flexibility index (Phi) is 3.17. The molecule has 1 aliphatic heterocycles. The van der Waals surface area contributed by atoms with E-state index in [1.165, 1.54) is 7.11 Å². The Hall–Kier alpha value is -1.75. The van der Waals surface area contributed by atoms with E-state index in [2.05, 4.69) is 0 Å². The number of carbonyl (C=O) groups excluding carboxylic acids is 1. The summed E-state index contributed by atoms with van der Waals surface area (Å²) in [7, 11) is 1.52. The zero-order valence-electron chi connectivity index (χ0n) is 10.6. The summed E-state index contributed by atoms with van der Waals surface area (Å²) in [4.78, 5) is 14.0. The molecule has 1 fully saturated rings. The third-order valence-electron chi connectivity index (χ3n) is 3.19. The van der Waals surface area contributed by atoms with Crippen LogP contribution in [0.15, 0.2) is 18.2 Å². The fourth-order valence-corrected chi connectivity index (χ4v) is 2.18. The minimum atomic E-state index is -0.802. The van der Waals surface area contributed by atoms with Gasteiger partial charge in [-0.2, -0.15) is 0 Å². The molecule has 1 atom stereocenters. The van der Waals surface area contributed by atoms with Gasteiger partial charge in [-0.1, -0.05) is 0 Å². The summed E-state index contributed by atoms with van der Waals surface area (Å²) in [5.74, 6) is 0.345. The van der Waals surface area contributed by atoms with Gasteiger partial charge in [0.05, 0.1) is 18.3 Å². The highest BCUT2D eigenvalue weighted by Crippen LogP contribution is 2.27. The molecule has 18 heavy (non-hydrogen) atoms. The van der Waals surface area contributed by atoms with E-state index in [1.807, 2.05) is 0 Å². The number of hydrogen-bond donors (Lipinski definition) is 2. The number of anilines is 1. The molecule has 0 aliphatic carbocycles. The number of methoxy groups -OCH3 is 1. The molecule has 0 saturated carbocycles. The number of nitrogens with two attached hydrogens (primary N) is 1. The fraction of sp³-hybridized carbons (Fsp3) is 0.462. The van der Waals surface area contributed by atoms with E-state index in [-0.39, 0.29) is 5.91 Å². The molecule has 1 amide bonds. The van der Waals surface area contributed by atoms with E-state index in [0.717, 1.165) is 0 Å². The molecule has 1 aromatic carbocycles. The number of nitrogens with zero attached hydrogens (tertiary/aromatic N) is 1. The van der Waals surface area contributed by atoms with Crippen molar-refractivity contribution in [3.05, 3.63) is 23.8 Å². The minimum absolute atomic E-state index is 0.156. The molecule has 1 heterocycles. The highest BCUT2D eigenvalue weighted by atomic mass is 16.5. The van der Waals surface area contributed by atoms with Gasteiger partial charge in [-0.15, -0.1) is 0 Å². The number of carbonyl (C=O) groups is 1. The van der Waals surface area contributed by atoms with Crippen molar-refractivity contribution in [2.45, 2.75) is 18.9 Å². The molecule has 98 valence electrons. The highest BCUT2D eigenvalue weighted by Gasteiger charge is 2.35. The number of benzene rings is 1. The van der Waals surface area contributed by atoms with Crippen LogP contribution in [0.5, 0.6) is 5.75 Å². The zero-order chi connectivity index (χ0) is 13.3. The van der Waals surface area contributed by atoms with Crippen LogP contribution in [0.1, 0.15) is 23.7 Å². The van der Waals surface area contributed by atoms with E-state index in [9.17, 15) is 9.90 Å². The summed E-state index contributed by atoms with van der Waals surface area (Å²) >= 11 is 0. The van der Waals surface area contributed by atoms with Crippen molar-refractivity contribution in [2.24, 2.45) is 0 Å². The average molecular weight is 250 g/mol. The molecule has 2 rings (SSSR count). The van der Waals surface area contributed by atoms with Crippen LogP contribution in [0.2, 0.25) is 0 Å². The van der Waals surface area contributed by atoms with Crippen LogP contribution in [0.4, 0.5) is 5.69 Å². The minimum Gasteiger partial charge on any atom is -0.496 e. The molecule has 5 nitrogen and oxygen atoms in total. The molecule has 1 aromatic rings. The third-order valence-corrected chi connectivity index (χ3v) is 3.19. The maximum Gasteiger partial charge on any atom is 0.257 e.